The van der Waals surface area contributed by atoms with Crippen molar-refractivity contribution >= 4 is 70.7 Å². The molecule has 2 aromatic heterocycles. The number of nitrogens with zero attached hydrogens (tertiary/aromatic N) is 2. The Bertz CT molecular complexity index is 2760. The highest BCUT2D eigenvalue weighted by molar-refractivity contribution is 6.23. The van der Waals surface area contributed by atoms with Crippen molar-refractivity contribution in [3.63, 3.8) is 0 Å². The zero-order valence-electron chi connectivity index (χ0n) is 24.4. The number of hydrogen-bond acceptors (Lipinski definition) is 1. The molecule has 0 amide bonds. The highest BCUT2D eigenvalue weighted by Gasteiger charge is 2.19. The summed E-state index contributed by atoms with van der Waals surface area (Å²) in [6.45, 7) is 0. The molecule has 2 heteroatoms. The van der Waals surface area contributed by atoms with Crippen molar-refractivity contribution in [2.75, 3.05) is 0 Å². The molecule has 0 aliphatic heterocycles. The zero-order valence-corrected chi connectivity index (χ0v) is 24.4. The summed E-state index contributed by atoms with van der Waals surface area (Å²) in [5.74, 6) is 0. The van der Waals surface area contributed by atoms with Gasteiger partial charge in [0.25, 0.3) is 0 Å². The van der Waals surface area contributed by atoms with Crippen LogP contribution in [-0.4, -0.2) is 9.38 Å². The predicted molar refractivity (Wildman–Crippen MR) is 191 cm³/mol. The highest BCUT2D eigenvalue weighted by Crippen LogP contribution is 2.45. The third kappa shape index (κ3) is 3.48. The molecule has 0 aliphatic carbocycles. The SMILES string of the molecule is c1ccc2cc(-c3c4ccccc4c(-c4ccc5c6ccccc6n6c7ccccc7nc6c5c4)c4ccccc34)ccc2c1. The van der Waals surface area contributed by atoms with Gasteiger partial charge in [-0.3, -0.25) is 4.40 Å². The molecule has 2 nitrogen and oxygen atoms in total. The number of rotatable bonds is 2. The summed E-state index contributed by atoms with van der Waals surface area (Å²) in [5.41, 5.74) is 9.29. The molecule has 45 heavy (non-hydrogen) atoms. The summed E-state index contributed by atoms with van der Waals surface area (Å²) in [6, 6.07) is 57.4. The summed E-state index contributed by atoms with van der Waals surface area (Å²) in [4.78, 5) is 5.19. The van der Waals surface area contributed by atoms with Gasteiger partial charge in [0.2, 0.25) is 0 Å². The monoisotopic (exact) mass is 570 g/mol. The first kappa shape index (κ1) is 24.5. The van der Waals surface area contributed by atoms with Gasteiger partial charge < -0.3 is 0 Å². The van der Waals surface area contributed by atoms with Crippen LogP contribution in [0.2, 0.25) is 0 Å². The van der Waals surface area contributed by atoms with E-state index in [0.717, 1.165) is 22.1 Å². The Hall–Kier alpha value is -5.99. The van der Waals surface area contributed by atoms with E-state index in [1.807, 2.05) is 0 Å². The molecule has 0 unspecified atom stereocenters. The highest BCUT2D eigenvalue weighted by atomic mass is 15.0. The number of imidazole rings is 1. The molecule has 0 fully saturated rings. The normalized spacial score (nSPS) is 12.0. The summed E-state index contributed by atoms with van der Waals surface area (Å²) in [7, 11) is 0. The Morgan fingerprint density at radius 1 is 0.356 bits per heavy atom. The second-order valence-corrected chi connectivity index (χ2v) is 11.9. The van der Waals surface area contributed by atoms with Gasteiger partial charge in [-0.25, -0.2) is 4.98 Å². The van der Waals surface area contributed by atoms with Crippen molar-refractivity contribution in [1.29, 1.82) is 0 Å². The number of aromatic nitrogens is 2. The van der Waals surface area contributed by atoms with Crippen LogP contribution in [0.5, 0.6) is 0 Å². The smallest absolute Gasteiger partial charge is 0.146 e. The fraction of sp³-hybridized carbons (Fsp3) is 0. The summed E-state index contributed by atoms with van der Waals surface area (Å²) >= 11 is 0. The minimum Gasteiger partial charge on any atom is -0.292 e. The van der Waals surface area contributed by atoms with Crippen molar-refractivity contribution in [3.8, 4) is 22.3 Å². The van der Waals surface area contributed by atoms with E-state index >= 15 is 0 Å². The van der Waals surface area contributed by atoms with E-state index in [0.29, 0.717) is 0 Å². The van der Waals surface area contributed by atoms with Crippen molar-refractivity contribution in [1.82, 2.24) is 9.38 Å². The molecule has 0 bridgehead atoms. The Balaban J connectivity index is 1.33. The molecule has 0 aliphatic rings. The van der Waals surface area contributed by atoms with Crippen molar-refractivity contribution in [2.24, 2.45) is 0 Å². The molecule has 0 N–H and O–H groups in total. The summed E-state index contributed by atoms with van der Waals surface area (Å²) in [5, 5.41) is 11.2. The number of para-hydroxylation sites is 3. The molecule has 0 radical (unpaired) electrons. The largest absolute Gasteiger partial charge is 0.292 e. The molecule has 208 valence electrons. The lowest BCUT2D eigenvalue weighted by molar-refractivity contribution is 1.31. The molecule has 2 heterocycles. The van der Waals surface area contributed by atoms with Gasteiger partial charge >= 0.3 is 0 Å². The minimum atomic E-state index is 0.994. The topological polar surface area (TPSA) is 17.3 Å². The van der Waals surface area contributed by atoms with Crippen LogP contribution in [0, 0.1) is 0 Å². The van der Waals surface area contributed by atoms with Crippen LogP contribution in [0.3, 0.4) is 0 Å². The Kier molecular flexibility index (Phi) is 5.03. The molecule has 10 aromatic rings. The summed E-state index contributed by atoms with van der Waals surface area (Å²) in [6.07, 6.45) is 0. The lowest BCUT2D eigenvalue weighted by atomic mass is 9.85. The van der Waals surface area contributed by atoms with E-state index in [1.165, 1.54) is 70.9 Å². The molecule has 0 saturated carbocycles. The van der Waals surface area contributed by atoms with Crippen molar-refractivity contribution < 1.29 is 0 Å². The Labute approximate surface area is 259 Å². The van der Waals surface area contributed by atoms with Crippen LogP contribution in [0.1, 0.15) is 0 Å². The molecule has 0 saturated heterocycles. The maximum absolute atomic E-state index is 5.19. The molecule has 0 atom stereocenters. The maximum Gasteiger partial charge on any atom is 0.146 e. The van der Waals surface area contributed by atoms with E-state index in [-0.39, 0.29) is 0 Å². The second-order valence-electron chi connectivity index (χ2n) is 11.9. The fourth-order valence-electron chi connectivity index (χ4n) is 7.56. The first-order valence-electron chi connectivity index (χ1n) is 15.5. The van der Waals surface area contributed by atoms with Crippen molar-refractivity contribution in [2.45, 2.75) is 0 Å². The average molecular weight is 571 g/mol. The van der Waals surface area contributed by atoms with Crippen molar-refractivity contribution in [3.05, 3.63) is 158 Å². The molecule has 10 rings (SSSR count). The van der Waals surface area contributed by atoms with Gasteiger partial charge in [-0.2, -0.15) is 0 Å². The average Bonchev–Trinajstić information content (AvgIpc) is 3.50. The van der Waals surface area contributed by atoms with E-state index in [4.69, 9.17) is 4.98 Å². The van der Waals surface area contributed by atoms with Gasteiger partial charge in [-0.05, 0) is 90.3 Å². The summed E-state index contributed by atoms with van der Waals surface area (Å²) < 4.78 is 2.33. The van der Waals surface area contributed by atoms with Crippen LogP contribution in [-0.2, 0) is 0 Å². The van der Waals surface area contributed by atoms with Crippen LogP contribution in [0.25, 0.3) is 92.9 Å². The minimum absolute atomic E-state index is 0.994. The Morgan fingerprint density at radius 2 is 0.889 bits per heavy atom. The van der Waals surface area contributed by atoms with Crippen LogP contribution < -0.4 is 0 Å². The number of pyridine rings is 1. The molecule has 0 spiro atoms. The van der Waals surface area contributed by atoms with Crippen LogP contribution in [0.15, 0.2) is 158 Å². The third-order valence-corrected chi connectivity index (χ3v) is 9.51. The molecular weight excluding hydrogens is 544 g/mol. The number of benzene rings is 8. The zero-order chi connectivity index (χ0) is 29.5. The van der Waals surface area contributed by atoms with Gasteiger partial charge in [0.1, 0.15) is 5.65 Å². The standard InChI is InChI=1S/C43H26N2/c1-2-12-28-25-29(22-21-27(28)11-1)41-33-14-3-5-16-35(33)42(36-17-6-4-15-34(36)41)30-23-24-31-32-13-7-9-19-39(32)45-40-20-10-8-18-38(40)44-43(45)37(31)26-30/h1-26H. The number of fused-ring (bicyclic) bond motifs is 11. The lowest BCUT2D eigenvalue weighted by Gasteiger charge is -2.18. The fourth-order valence-corrected chi connectivity index (χ4v) is 7.56. The first-order chi connectivity index (χ1) is 22.3. The van der Waals surface area contributed by atoms with Gasteiger partial charge in [0.05, 0.1) is 16.6 Å². The van der Waals surface area contributed by atoms with E-state index < -0.39 is 0 Å². The number of hydrogen-bond donors (Lipinski definition) is 0. The molecular formula is C43H26N2. The van der Waals surface area contributed by atoms with Gasteiger partial charge in [0.15, 0.2) is 0 Å². The van der Waals surface area contributed by atoms with Crippen LogP contribution >= 0.6 is 0 Å². The molecule has 8 aromatic carbocycles. The first-order valence-corrected chi connectivity index (χ1v) is 15.5. The van der Waals surface area contributed by atoms with Crippen LogP contribution in [0.4, 0.5) is 0 Å². The quantitative estimate of drug-likeness (QED) is 0.149. The van der Waals surface area contributed by atoms with Gasteiger partial charge in [0, 0.05) is 10.8 Å². The lowest BCUT2D eigenvalue weighted by Crippen LogP contribution is -1.93. The van der Waals surface area contributed by atoms with E-state index in [9.17, 15) is 0 Å². The second kappa shape index (κ2) is 9.25. The van der Waals surface area contributed by atoms with E-state index in [2.05, 4.69) is 162 Å². The predicted octanol–water partition coefficient (Wildman–Crippen LogP) is 11.6. The Morgan fingerprint density at radius 3 is 1.60 bits per heavy atom. The van der Waals surface area contributed by atoms with E-state index in [1.54, 1.807) is 0 Å². The maximum atomic E-state index is 5.19. The van der Waals surface area contributed by atoms with Gasteiger partial charge in [-0.15, -0.1) is 0 Å². The third-order valence-electron chi connectivity index (χ3n) is 9.51. The van der Waals surface area contributed by atoms with Gasteiger partial charge in [-0.1, -0.05) is 127 Å².